The van der Waals surface area contributed by atoms with Crippen molar-refractivity contribution in [1.82, 2.24) is 5.32 Å². The molecule has 0 bridgehead atoms. The van der Waals surface area contributed by atoms with Crippen LogP contribution in [0.5, 0.6) is 0 Å². The minimum Gasteiger partial charge on any atom is -0.310 e. The maximum Gasteiger partial charge on any atom is 0.0439 e. The first-order valence-electron chi connectivity index (χ1n) is 6.94. The topological polar surface area (TPSA) is 12.0 Å². The molecule has 0 saturated heterocycles. The van der Waals surface area contributed by atoms with Crippen LogP contribution < -0.4 is 5.32 Å². The Hall–Kier alpha value is -0.540. The third-order valence-corrected chi connectivity index (χ3v) is 4.70. The number of rotatable bonds is 5. The van der Waals surface area contributed by atoms with E-state index in [0.29, 0.717) is 5.02 Å². The highest BCUT2D eigenvalue weighted by Gasteiger charge is 2.16. The molecule has 21 heavy (non-hydrogen) atoms. The number of aryl methyl sites for hydroxylation is 1. The maximum absolute atomic E-state index is 6.29. The van der Waals surface area contributed by atoms with Gasteiger partial charge in [-0.15, -0.1) is 0 Å². The number of benzene rings is 2. The van der Waals surface area contributed by atoms with Crippen molar-refractivity contribution < 1.29 is 0 Å². The summed E-state index contributed by atoms with van der Waals surface area (Å²) >= 11 is 16.0. The van der Waals surface area contributed by atoms with E-state index in [0.717, 1.165) is 28.0 Å². The van der Waals surface area contributed by atoms with Gasteiger partial charge in [-0.25, -0.2) is 0 Å². The standard InChI is InChI=1S/C17H18BrCl2N/c1-3-21-17(14-6-4-11(2)8-15(14)18)10-12-9-13(19)5-7-16(12)20/h4-9,17,21H,3,10H2,1-2H3. The molecule has 4 heteroatoms. The van der Waals surface area contributed by atoms with Crippen molar-refractivity contribution in [2.45, 2.75) is 26.3 Å². The average molecular weight is 387 g/mol. The van der Waals surface area contributed by atoms with Crippen molar-refractivity contribution in [1.29, 1.82) is 0 Å². The lowest BCUT2D eigenvalue weighted by Crippen LogP contribution is -2.23. The van der Waals surface area contributed by atoms with Crippen LogP contribution in [0.3, 0.4) is 0 Å². The molecule has 0 aliphatic carbocycles. The molecular formula is C17H18BrCl2N. The van der Waals surface area contributed by atoms with E-state index in [2.05, 4.69) is 53.3 Å². The molecule has 112 valence electrons. The first kappa shape index (κ1) is 16.8. The summed E-state index contributed by atoms with van der Waals surface area (Å²) in [5, 5.41) is 4.99. The Balaban J connectivity index is 2.32. The van der Waals surface area contributed by atoms with Crippen molar-refractivity contribution in [3.8, 4) is 0 Å². The van der Waals surface area contributed by atoms with Crippen LogP contribution in [0.2, 0.25) is 10.0 Å². The molecular weight excluding hydrogens is 369 g/mol. The molecule has 1 unspecified atom stereocenters. The lowest BCUT2D eigenvalue weighted by atomic mass is 9.98. The van der Waals surface area contributed by atoms with Gasteiger partial charge in [0.1, 0.15) is 0 Å². The van der Waals surface area contributed by atoms with Crippen LogP contribution >= 0.6 is 39.1 Å². The molecule has 1 N–H and O–H groups in total. The van der Waals surface area contributed by atoms with Crippen molar-refractivity contribution in [3.05, 3.63) is 67.6 Å². The van der Waals surface area contributed by atoms with Gasteiger partial charge in [0.15, 0.2) is 0 Å². The van der Waals surface area contributed by atoms with Crippen LogP contribution in [0.4, 0.5) is 0 Å². The van der Waals surface area contributed by atoms with Gasteiger partial charge in [-0.2, -0.15) is 0 Å². The summed E-state index contributed by atoms with van der Waals surface area (Å²) in [6, 6.07) is 12.2. The van der Waals surface area contributed by atoms with Crippen LogP contribution in [-0.2, 0) is 6.42 Å². The summed E-state index contributed by atoms with van der Waals surface area (Å²) in [6.45, 7) is 5.09. The molecule has 1 nitrogen and oxygen atoms in total. The van der Waals surface area contributed by atoms with Gasteiger partial charge < -0.3 is 5.32 Å². The highest BCUT2D eigenvalue weighted by Crippen LogP contribution is 2.30. The van der Waals surface area contributed by atoms with E-state index in [1.165, 1.54) is 11.1 Å². The molecule has 0 fully saturated rings. The molecule has 0 heterocycles. The molecule has 0 saturated carbocycles. The monoisotopic (exact) mass is 385 g/mol. The fourth-order valence-electron chi connectivity index (χ4n) is 2.37. The fourth-order valence-corrected chi connectivity index (χ4v) is 3.53. The molecule has 0 spiro atoms. The average Bonchev–Trinajstić information content (AvgIpc) is 2.42. The normalized spacial score (nSPS) is 12.4. The molecule has 0 radical (unpaired) electrons. The van der Waals surface area contributed by atoms with Crippen molar-refractivity contribution >= 4 is 39.1 Å². The lowest BCUT2D eigenvalue weighted by Gasteiger charge is -2.21. The quantitative estimate of drug-likeness (QED) is 0.668. The van der Waals surface area contributed by atoms with E-state index < -0.39 is 0 Å². The van der Waals surface area contributed by atoms with E-state index in [-0.39, 0.29) is 6.04 Å². The predicted octanol–water partition coefficient (Wildman–Crippen LogP) is 5.96. The van der Waals surface area contributed by atoms with Crippen molar-refractivity contribution in [2.75, 3.05) is 6.54 Å². The molecule has 1 atom stereocenters. The van der Waals surface area contributed by atoms with Gasteiger partial charge >= 0.3 is 0 Å². The molecule has 0 aliphatic rings. The van der Waals surface area contributed by atoms with Gasteiger partial charge in [0.2, 0.25) is 0 Å². The first-order chi connectivity index (χ1) is 10.0. The largest absolute Gasteiger partial charge is 0.310 e. The molecule has 0 aliphatic heterocycles. The molecule has 0 amide bonds. The number of hydrogen-bond acceptors (Lipinski definition) is 1. The Morgan fingerprint density at radius 3 is 2.57 bits per heavy atom. The Labute approximate surface area is 144 Å². The smallest absolute Gasteiger partial charge is 0.0439 e. The summed E-state index contributed by atoms with van der Waals surface area (Å²) in [6.07, 6.45) is 0.800. The lowest BCUT2D eigenvalue weighted by molar-refractivity contribution is 0.548. The van der Waals surface area contributed by atoms with E-state index in [1.54, 1.807) is 0 Å². The Morgan fingerprint density at radius 1 is 1.14 bits per heavy atom. The Bertz CT molecular complexity index is 628. The number of hydrogen-bond donors (Lipinski definition) is 1. The van der Waals surface area contributed by atoms with Gasteiger partial charge in [-0.3, -0.25) is 0 Å². The summed E-state index contributed by atoms with van der Waals surface area (Å²) in [7, 11) is 0. The minimum absolute atomic E-state index is 0.195. The minimum atomic E-state index is 0.195. The SMILES string of the molecule is CCNC(Cc1cc(Cl)ccc1Cl)c1ccc(C)cc1Br. The van der Waals surface area contributed by atoms with Gasteiger partial charge in [-0.1, -0.05) is 58.2 Å². The second-order valence-electron chi connectivity index (χ2n) is 5.08. The number of nitrogens with one attached hydrogen (secondary N) is 1. The van der Waals surface area contributed by atoms with E-state index >= 15 is 0 Å². The summed E-state index contributed by atoms with van der Waals surface area (Å²) in [5.74, 6) is 0. The van der Waals surface area contributed by atoms with Gasteiger partial charge in [0.25, 0.3) is 0 Å². The van der Waals surface area contributed by atoms with Crippen LogP contribution in [0, 0.1) is 6.92 Å². The zero-order chi connectivity index (χ0) is 15.4. The van der Waals surface area contributed by atoms with Crippen molar-refractivity contribution in [3.63, 3.8) is 0 Å². The molecule has 2 rings (SSSR count). The van der Waals surface area contributed by atoms with Crippen LogP contribution in [-0.4, -0.2) is 6.54 Å². The Kier molecular flexibility index (Phi) is 6.12. The first-order valence-corrected chi connectivity index (χ1v) is 8.49. The van der Waals surface area contributed by atoms with Gasteiger partial charge in [0.05, 0.1) is 0 Å². The zero-order valence-electron chi connectivity index (χ0n) is 12.1. The highest BCUT2D eigenvalue weighted by molar-refractivity contribution is 9.10. The summed E-state index contributed by atoms with van der Waals surface area (Å²) in [4.78, 5) is 0. The second-order valence-corrected chi connectivity index (χ2v) is 6.77. The Morgan fingerprint density at radius 2 is 1.90 bits per heavy atom. The van der Waals surface area contributed by atoms with E-state index in [4.69, 9.17) is 23.2 Å². The number of likely N-dealkylation sites (N-methyl/N-ethyl adjacent to an activating group) is 1. The zero-order valence-corrected chi connectivity index (χ0v) is 15.2. The van der Waals surface area contributed by atoms with Crippen LogP contribution in [0.15, 0.2) is 40.9 Å². The molecule has 2 aromatic carbocycles. The fraction of sp³-hybridized carbons (Fsp3) is 0.294. The van der Waals surface area contributed by atoms with Crippen LogP contribution in [0.1, 0.15) is 29.7 Å². The molecule has 2 aromatic rings. The second kappa shape index (κ2) is 7.64. The summed E-state index contributed by atoms with van der Waals surface area (Å²) in [5.41, 5.74) is 3.53. The van der Waals surface area contributed by atoms with E-state index in [9.17, 15) is 0 Å². The van der Waals surface area contributed by atoms with Crippen molar-refractivity contribution in [2.24, 2.45) is 0 Å². The molecule has 0 aromatic heterocycles. The maximum atomic E-state index is 6.29. The third kappa shape index (κ3) is 4.46. The van der Waals surface area contributed by atoms with Gasteiger partial charge in [0, 0.05) is 20.6 Å². The third-order valence-electron chi connectivity index (χ3n) is 3.41. The number of halogens is 3. The van der Waals surface area contributed by atoms with Crippen LogP contribution in [0.25, 0.3) is 0 Å². The van der Waals surface area contributed by atoms with E-state index in [1.807, 2.05) is 18.2 Å². The summed E-state index contributed by atoms with van der Waals surface area (Å²) < 4.78 is 1.12. The van der Waals surface area contributed by atoms with Gasteiger partial charge in [-0.05, 0) is 60.8 Å². The predicted molar refractivity (Wildman–Crippen MR) is 95.5 cm³/mol. The highest BCUT2D eigenvalue weighted by atomic mass is 79.9.